The molecule has 1 aromatic rings. The number of halogens is 1. The quantitative estimate of drug-likeness (QED) is 0.370. The first-order valence-corrected chi connectivity index (χ1v) is 6.05. The predicted octanol–water partition coefficient (Wildman–Crippen LogP) is 3.32. The molecule has 0 saturated heterocycles. The van der Waals surface area contributed by atoms with E-state index in [9.17, 15) is 14.9 Å². The lowest BCUT2D eigenvalue weighted by atomic mass is 10.1. The van der Waals surface area contributed by atoms with Crippen LogP contribution in [-0.4, -0.2) is 17.5 Å². The first-order valence-electron chi connectivity index (χ1n) is 5.25. The largest absolute Gasteiger partial charge is 0.463 e. The SMILES string of the molecule is CCOC(=O)C(C)=Cc1c(Br)cccc1[N+](=O)[O-]. The normalized spacial score (nSPS) is 11.2. The minimum atomic E-state index is -0.491. The molecule has 18 heavy (non-hydrogen) atoms. The molecule has 0 aromatic heterocycles. The number of nitro groups is 1. The van der Waals surface area contributed by atoms with Gasteiger partial charge >= 0.3 is 5.97 Å². The van der Waals surface area contributed by atoms with Gasteiger partial charge in [-0.2, -0.15) is 0 Å². The van der Waals surface area contributed by atoms with Crippen molar-refractivity contribution in [3.05, 3.63) is 43.9 Å². The van der Waals surface area contributed by atoms with Gasteiger partial charge in [0.15, 0.2) is 0 Å². The molecule has 6 heteroatoms. The lowest BCUT2D eigenvalue weighted by molar-refractivity contribution is -0.385. The summed E-state index contributed by atoms with van der Waals surface area (Å²) in [6, 6.07) is 4.63. The molecule has 1 aromatic carbocycles. The Morgan fingerprint density at radius 3 is 2.78 bits per heavy atom. The second-order valence-electron chi connectivity index (χ2n) is 3.48. The summed E-state index contributed by atoms with van der Waals surface area (Å²) >= 11 is 3.23. The van der Waals surface area contributed by atoms with Gasteiger partial charge in [-0.25, -0.2) is 4.79 Å². The smallest absolute Gasteiger partial charge is 0.333 e. The Labute approximate surface area is 113 Å². The van der Waals surface area contributed by atoms with Crippen LogP contribution in [0, 0.1) is 10.1 Å². The van der Waals surface area contributed by atoms with Crippen molar-refractivity contribution < 1.29 is 14.5 Å². The van der Waals surface area contributed by atoms with Crippen LogP contribution >= 0.6 is 15.9 Å². The van der Waals surface area contributed by atoms with Crippen LogP contribution in [0.25, 0.3) is 6.08 Å². The maximum absolute atomic E-state index is 11.5. The van der Waals surface area contributed by atoms with Crippen molar-refractivity contribution >= 4 is 33.7 Å². The Morgan fingerprint density at radius 2 is 2.22 bits per heavy atom. The third kappa shape index (κ3) is 3.40. The maximum Gasteiger partial charge on any atom is 0.333 e. The number of nitro benzene ring substituents is 1. The Morgan fingerprint density at radius 1 is 1.56 bits per heavy atom. The minimum absolute atomic E-state index is 0.0620. The molecule has 0 aliphatic carbocycles. The van der Waals surface area contributed by atoms with Crippen LogP contribution in [0.1, 0.15) is 19.4 Å². The molecular formula is C12H12BrNO4. The number of hydrogen-bond donors (Lipinski definition) is 0. The summed E-state index contributed by atoms with van der Waals surface area (Å²) in [5, 5.41) is 10.9. The summed E-state index contributed by atoms with van der Waals surface area (Å²) in [4.78, 5) is 21.9. The highest BCUT2D eigenvalue weighted by Crippen LogP contribution is 2.28. The maximum atomic E-state index is 11.5. The van der Waals surface area contributed by atoms with E-state index in [1.54, 1.807) is 26.0 Å². The van der Waals surface area contributed by atoms with Crippen LogP contribution in [0.3, 0.4) is 0 Å². The van der Waals surface area contributed by atoms with Gasteiger partial charge in [-0.3, -0.25) is 10.1 Å². The number of ether oxygens (including phenoxy) is 1. The van der Waals surface area contributed by atoms with E-state index in [1.807, 2.05) is 0 Å². The third-order valence-electron chi connectivity index (χ3n) is 2.18. The van der Waals surface area contributed by atoms with E-state index in [0.717, 1.165) is 0 Å². The molecule has 0 fully saturated rings. The summed E-state index contributed by atoms with van der Waals surface area (Å²) in [5.41, 5.74) is 0.605. The van der Waals surface area contributed by atoms with Crippen molar-refractivity contribution in [2.24, 2.45) is 0 Å². The molecule has 0 amide bonds. The highest BCUT2D eigenvalue weighted by Gasteiger charge is 2.16. The molecule has 0 atom stereocenters. The zero-order valence-electron chi connectivity index (χ0n) is 9.97. The average molecular weight is 314 g/mol. The fourth-order valence-electron chi connectivity index (χ4n) is 1.35. The van der Waals surface area contributed by atoms with Crippen LogP contribution in [0.15, 0.2) is 28.2 Å². The molecule has 0 N–H and O–H groups in total. The summed E-state index contributed by atoms with van der Waals surface area (Å²) in [5.74, 6) is -0.484. The van der Waals surface area contributed by atoms with Crippen LogP contribution in [0.2, 0.25) is 0 Å². The second kappa shape index (κ2) is 6.30. The fraction of sp³-hybridized carbons (Fsp3) is 0.250. The topological polar surface area (TPSA) is 69.4 Å². The molecule has 96 valence electrons. The lowest BCUT2D eigenvalue weighted by Crippen LogP contribution is -2.05. The second-order valence-corrected chi connectivity index (χ2v) is 4.33. The molecule has 5 nitrogen and oxygen atoms in total. The van der Waals surface area contributed by atoms with Crippen molar-refractivity contribution in [2.75, 3.05) is 6.61 Å². The van der Waals surface area contributed by atoms with Crippen LogP contribution in [0.4, 0.5) is 5.69 Å². The average Bonchev–Trinajstić information content (AvgIpc) is 2.31. The van der Waals surface area contributed by atoms with Gasteiger partial charge in [0.25, 0.3) is 5.69 Å². The summed E-state index contributed by atoms with van der Waals surface area (Å²) in [7, 11) is 0. The zero-order valence-corrected chi connectivity index (χ0v) is 11.6. The highest BCUT2D eigenvalue weighted by molar-refractivity contribution is 9.10. The van der Waals surface area contributed by atoms with Gasteiger partial charge in [0, 0.05) is 16.1 Å². The standard InChI is InChI=1S/C12H12BrNO4/c1-3-18-12(15)8(2)7-9-10(13)5-4-6-11(9)14(16)17/h4-7H,3H2,1-2H3. The molecule has 0 radical (unpaired) electrons. The van der Waals surface area contributed by atoms with Gasteiger partial charge in [0.05, 0.1) is 17.1 Å². The number of carbonyl (C=O) groups excluding carboxylic acids is 1. The zero-order chi connectivity index (χ0) is 13.7. The van der Waals surface area contributed by atoms with E-state index in [1.165, 1.54) is 12.1 Å². The minimum Gasteiger partial charge on any atom is -0.463 e. The molecule has 0 saturated carbocycles. The van der Waals surface area contributed by atoms with Crippen LogP contribution in [0.5, 0.6) is 0 Å². The van der Waals surface area contributed by atoms with Crippen molar-refractivity contribution in [1.82, 2.24) is 0 Å². The van der Waals surface area contributed by atoms with E-state index in [2.05, 4.69) is 15.9 Å². The van der Waals surface area contributed by atoms with Gasteiger partial charge in [-0.15, -0.1) is 0 Å². The lowest BCUT2D eigenvalue weighted by Gasteiger charge is -2.04. The molecule has 1 rings (SSSR count). The predicted molar refractivity (Wildman–Crippen MR) is 71.1 cm³/mol. The summed E-state index contributed by atoms with van der Waals surface area (Å²) in [6.07, 6.45) is 1.44. The number of benzene rings is 1. The van der Waals surface area contributed by atoms with Crippen molar-refractivity contribution in [3.8, 4) is 0 Å². The molecule has 0 aliphatic rings. The van der Waals surface area contributed by atoms with E-state index < -0.39 is 10.9 Å². The third-order valence-corrected chi connectivity index (χ3v) is 2.88. The first-order chi connectivity index (χ1) is 8.47. The fourth-order valence-corrected chi connectivity index (χ4v) is 1.82. The van der Waals surface area contributed by atoms with Gasteiger partial charge in [-0.1, -0.05) is 6.07 Å². The Balaban J connectivity index is 3.21. The van der Waals surface area contributed by atoms with Crippen LogP contribution < -0.4 is 0 Å². The number of nitrogens with zero attached hydrogens (tertiary/aromatic N) is 1. The van der Waals surface area contributed by atoms with E-state index in [-0.39, 0.29) is 12.3 Å². The van der Waals surface area contributed by atoms with E-state index in [4.69, 9.17) is 4.74 Å². The Hall–Kier alpha value is -1.69. The molecule has 0 bridgehead atoms. The summed E-state index contributed by atoms with van der Waals surface area (Å²) < 4.78 is 5.38. The Kier molecular flexibility index (Phi) is 5.03. The van der Waals surface area contributed by atoms with E-state index >= 15 is 0 Å². The van der Waals surface area contributed by atoms with Gasteiger partial charge in [0.2, 0.25) is 0 Å². The molecule has 0 unspecified atom stereocenters. The number of esters is 1. The van der Waals surface area contributed by atoms with Gasteiger partial charge < -0.3 is 4.74 Å². The van der Waals surface area contributed by atoms with Gasteiger partial charge in [-0.05, 0) is 41.9 Å². The number of rotatable bonds is 4. The molecule has 0 spiro atoms. The molecular weight excluding hydrogens is 302 g/mol. The van der Waals surface area contributed by atoms with Gasteiger partial charge in [0.1, 0.15) is 0 Å². The molecule has 0 aliphatic heterocycles. The Bertz CT molecular complexity index is 511. The number of hydrogen-bond acceptors (Lipinski definition) is 4. The molecule has 0 heterocycles. The van der Waals surface area contributed by atoms with E-state index in [0.29, 0.717) is 15.6 Å². The van der Waals surface area contributed by atoms with Crippen molar-refractivity contribution in [1.29, 1.82) is 0 Å². The first kappa shape index (κ1) is 14.4. The monoisotopic (exact) mass is 313 g/mol. The van der Waals surface area contributed by atoms with Crippen molar-refractivity contribution in [2.45, 2.75) is 13.8 Å². The number of carbonyl (C=O) groups is 1. The van der Waals surface area contributed by atoms with Crippen molar-refractivity contribution in [3.63, 3.8) is 0 Å². The highest BCUT2D eigenvalue weighted by atomic mass is 79.9. The van der Waals surface area contributed by atoms with Crippen LogP contribution in [-0.2, 0) is 9.53 Å². The summed E-state index contributed by atoms with van der Waals surface area (Å²) in [6.45, 7) is 3.52.